The Morgan fingerprint density at radius 3 is 2.06 bits per heavy atom. The average molecular weight is 461 g/mol. The van der Waals surface area contributed by atoms with Crippen LogP contribution in [0.5, 0.6) is 0 Å². The van der Waals surface area contributed by atoms with Crippen molar-refractivity contribution in [2.24, 2.45) is 50.2 Å². The van der Waals surface area contributed by atoms with Crippen LogP contribution in [0, 0.1) is 50.2 Å². The van der Waals surface area contributed by atoms with Gasteiger partial charge in [0.25, 0.3) is 0 Å². The van der Waals surface area contributed by atoms with Gasteiger partial charge < -0.3 is 10.2 Å². The third-order valence-electron chi connectivity index (χ3n) is 13.2. The molecule has 33 heavy (non-hydrogen) atoms. The van der Waals surface area contributed by atoms with Crippen LogP contribution in [0.1, 0.15) is 126 Å². The van der Waals surface area contributed by atoms with Crippen LogP contribution in [0.2, 0.25) is 0 Å². The van der Waals surface area contributed by atoms with E-state index in [0.29, 0.717) is 36.2 Å². The predicted octanol–water partition coefficient (Wildman–Crippen LogP) is 7.71. The van der Waals surface area contributed by atoms with Gasteiger partial charge in [0.15, 0.2) is 0 Å². The average Bonchev–Trinajstić information content (AvgIpc) is 2.74. The van der Waals surface area contributed by atoms with Crippen LogP contribution in [0.15, 0.2) is 0 Å². The van der Waals surface area contributed by atoms with Gasteiger partial charge in [-0.3, -0.25) is 4.79 Å². The molecule has 0 aliphatic heterocycles. The summed E-state index contributed by atoms with van der Waals surface area (Å²) < 4.78 is 0. The molecule has 4 saturated carbocycles. The monoisotopic (exact) mass is 460 g/mol. The second-order valence-electron chi connectivity index (χ2n) is 14.9. The van der Waals surface area contributed by atoms with E-state index in [2.05, 4.69) is 48.5 Å². The van der Waals surface area contributed by atoms with E-state index in [1.165, 1.54) is 57.8 Å². The van der Waals surface area contributed by atoms with Gasteiger partial charge in [0.2, 0.25) is 0 Å². The van der Waals surface area contributed by atoms with Crippen molar-refractivity contribution in [3.63, 3.8) is 0 Å². The first kappa shape index (κ1) is 25.5. The molecule has 0 radical (unpaired) electrons. The van der Waals surface area contributed by atoms with Gasteiger partial charge in [-0.2, -0.15) is 0 Å². The molecule has 0 bridgehead atoms. The summed E-state index contributed by atoms with van der Waals surface area (Å²) >= 11 is 0. The van der Waals surface area contributed by atoms with Crippen molar-refractivity contribution in [3.8, 4) is 0 Å². The van der Waals surface area contributed by atoms with Gasteiger partial charge in [0.05, 0.1) is 0 Å². The van der Waals surface area contributed by atoms with Crippen molar-refractivity contribution in [1.29, 1.82) is 0 Å². The van der Waals surface area contributed by atoms with Crippen LogP contribution < -0.4 is 0 Å². The van der Waals surface area contributed by atoms with Crippen LogP contribution in [-0.2, 0) is 4.79 Å². The van der Waals surface area contributed by atoms with Crippen LogP contribution in [-0.4, -0.2) is 22.8 Å². The van der Waals surface area contributed by atoms with E-state index < -0.39 is 5.97 Å². The number of aliphatic carboxylic acids is 1. The van der Waals surface area contributed by atoms with Crippen molar-refractivity contribution >= 4 is 5.97 Å². The number of aliphatic hydroxyl groups excluding tert-OH is 1. The Morgan fingerprint density at radius 2 is 1.45 bits per heavy atom. The summed E-state index contributed by atoms with van der Waals surface area (Å²) in [4.78, 5) is 11.6. The second kappa shape index (κ2) is 7.97. The Hall–Kier alpha value is -0.570. The minimum atomic E-state index is -0.638. The van der Waals surface area contributed by atoms with E-state index in [1.807, 2.05) is 0 Å². The molecule has 4 rings (SSSR count). The van der Waals surface area contributed by atoms with E-state index in [-0.39, 0.29) is 27.1 Å². The number of fused-ring (bicyclic) bond motifs is 5. The molecule has 8 unspecified atom stereocenters. The topological polar surface area (TPSA) is 57.5 Å². The van der Waals surface area contributed by atoms with E-state index in [9.17, 15) is 15.0 Å². The van der Waals surface area contributed by atoms with Crippen molar-refractivity contribution < 1.29 is 15.0 Å². The molecule has 0 heterocycles. The number of aliphatic hydroxyl groups is 1. The van der Waals surface area contributed by atoms with Crippen LogP contribution in [0.3, 0.4) is 0 Å². The number of carbonyl (C=O) groups is 1. The Morgan fingerprint density at radius 1 is 0.848 bits per heavy atom. The fourth-order valence-corrected chi connectivity index (χ4v) is 10.6. The summed E-state index contributed by atoms with van der Waals surface area (Å²) in [5, 5.41) is 20.3. The molecule has 0 aromatic heterocycles. The summed E-state index contributed by atoms with van der Waals surface area (Å²) in [5.74, 6) is 1.10. The van der Waals surface area contributed by atoms with Crippen molar-refractivity contribution in [2.75, 3.05) is 6.61 Å². The molecule has 0 aromatic rings. The fourth-order valence-electron chi connectivity index (χ4n) is 10.6. The minimum absolute atomic E-state index is 0.118. The van der Waals surface area contributed by atoms with Gasteiger partial charge in [-0.25, -0.2) is 0 Å². The lowest BCUT2D eigenvalue weighted by Gasteiger charge is -2.74. The third kappa shape index (κ3) is 3.56. The molecule has 4 aliphatic carbocycles. The first-order chi connectivity index (χ1) is 15.2. The summed E-state index contributed by atoms with van der Waals surface area (Å²) in [6.07, 6.45) is 13.4. The molecule has 8 atom stereocenters. The molecular formula is C30H52O3. The molecule has 2 N–H and O–H groups in total. The molecule has 0 aromatic carbocycles. The van der Waals surface area contributed by atoms with E-state index >= 15 is 0 Å². The zero-order chi connectivity index (χ0) is 24.5. The third-order valence-corrected chi connectivity index (χ3v) is 13.2. The lowest BCUT2D eigenvalue weighted by molar-refractivity contribution is -0.258. The number of hydrogen-bond donors (Lipinski definition) is 2. The first-order valence-corrected chi connectivity index (χ1v) is 14.0. The summed E-state index contributed by atoms with van der Waals surface area (Å²) in [7, 11) is 0. The second-order valence-corrected chi connectivity index (χ2v) is 14.9. The SMILES string of the molecule is CCC1(C)CCC2C(C)(CCC3(C)C4CC(C)(C)CCC4(CO)CCC23C)C1CCC(=O)O. The first-order valence-electron chi connectivity index (χ1n) is 14.0. The smallest absolute Gasteiger partial charge is 0.303 e. The minimum Gasteiger partial charge on any atom is -0.481 e. The number of rotatable bonds is 5. The maximum atomic E-state index is 11.6. The Labute approximate surface area is 203 Å². The normalized spacial score (nSPS) is 51.2. The highest BCUT2D eigenvalue weighted by molar-refractivity contribution is 5.66. The summed E-state index contributed by atoms with van der Waals surface area (Å²) in [6, 6.07) is 0. The molecule has 3 heteroatoms. The number of hydrogen-bond acceptors (Lipinski definition) is 2. The van der Waals surface area contributed by atoms with Crippen molar-refractivity contribution in [3.05, 3.63) is 0 Å². The molecule has 4 fully saturated rings. The lowest BCUT2D eigenvalue weighted by atomic mass is 9.30. The van der Waals surface area contributed by atoms with Gasteiger partial charge in [-0.05, 0) is 114 Å². The highest BCUT2D eigenvalue weighted by Crippen LogP contribution is 2.77. The van der Waals surface area contributed by atoms with Gasteiger partial charge in [-0.1, -0.05) is 54.9 Å². The highest BCUT2D eigenvalue weighted by atomic mass is 16.4. The predicted molar refractivity (Wildman–Crippen MR) is 135 cm³/mol. The summed E-state index contributed by atoms with van der Waals surface area (Å²) in [5.41, 5.74) is 1.48. The molecule has 3 nitrogen and oxygen atoms in total. The number of carboxylic acids is 1. The van der Waals surface area contributed by atoms with Crippen LogP contribution in [0.4, 0.5) is 0 Å². The molecule has 0 amide bonds. The highest BCUT2D eigenvalue weighted by Gasteiger charge is 2.70. The quantitative estimate of drug-likeness (QED) is 0.442. The van der Waals surface area contributed by atoms with Gasteiger partial charge in [0, 0.05) is 13.0 Å². The van der Waals surface area contributed by atoms with Crippen molar-refractivity contribution in [1.82, 2.24) is 0 Å². The lowest BCUT2D eigenvalue weighted by Crippen LogP contribution is -2.67. The molecule has 4 aliphatic rings. The molecule has 190 valence electrons. The van der Waals surface area contributed by atoms with Crippen LogP contribution in [0.25, 0.3) is 0 Å². The largest absolute Gasteiger partial charge is 0.481 e. The Kier molecular flexibility index (Phi) is 6.16. The van der Waals surface area contributed by atoms with Crippen molar-refractivity contribution in [2.45, 2.75) is 126 Å². The number of carboxylic acid groups (broad SMARTS) is 1. The molecular weight excluding hydrogens is 408 g/mol. The van der Waals surface area contributed by atoms with Gasteiger partial charge >= 0.3 is 5.97 Å². The Balaban J connectivity index is 1.75. The zero-order valence-corrected chi connectivity index (χ0v) is 22.7. The molecule has 0 spiro atoms. The van der Waals surface area contributed by atoms with Gasteiger partial charge in [0.1, 0.15) is 0 Å². The molecule has 0 saturated heterocycles. The van der Waals surface area contributed by atoms with E-state index in [4.69, 9.17) is 0 Å². The maximum Gasteiger partial charge on any atom is 0.303 e. The Bertz CT molecular complexity index is 775. The standard InChI is InChI=1S/C30H52O3/c1-8-26(4)12-11-22-27(5,21(26)9-10-24(32)33)14-15-29(7)23-19-25(2,3)13-17-30(23,20-31)18-16-28(22,29)6/h21-23,31H,8-20H2,1-7H3,(H,32,33). The fraction of sp³-hybridized carbons (Fsp3) is 0.967. The van der Waals surface area contributed by atoms with E-state index in [1.54, 1.807) is 0 Å². The zero-order valence-electron chi connectivity index (χ0n) is 22.7. The van der Waals surface area contributed by atoms with E-state index in [0.717, 1.165) is 12.8 Å². The maximum absolute atomic E-state index is 11.6. The summed E-state index contributed by atoms with van der Waals surface area (Å²) in [6.45, 7) is 17.8. The van der Waals surface area contributed by atoms with Crippen LogP contribution >= 0.6 is 0 Å². The van der Waals surface area contributed by atoms with Gasteiger partial charge in [-0.15, -0.1) is 0 Å².